The van der Waals surface area contributed by atoms with Gasteiger partial charge in [-0.25, -0.2) is 4.39 Å². The van der Waals surface area contributed by atoms with Crippen LogP contribution in [0.1, 0.15) is 18.4 Å². The van der Waals surface area contributed by atoms with Gasteiger partial charge in [0.05, 0.1) is 0 Å². The molecule has 0 bridgehead atoms. The molecule has 102 valence electrons. The Morgan fingerprint density at radius 1 is 1.40 bits per heavy atom. The molecule has 20 heavy (non-hydrogen) atoms. The van der Waals surface area contributed by atoms with Crippen molar-refractivity contribution < 1.29 is 14.3 Å². The lowest BCUT2D eigenvalue weighted by Gasteiger charge is -2.06. The fourth-order valence-electron chi connectivity index (χ4n) is 1.43. The average molecular weight is 272 g/mol. The van der Waals surface area contributed by atoms with Crippen LogP contribution in [0, 0.1) is 23.7 Å². The smallest absolute Gasteiger partial charge is 0.269 e. The van der Waals surface area contributed by atoms with Crippen LogP contribution in [0.2, 0.25) is 0 Å². The first kappa shape index (κ1) is 15.3. The number of allylic oxidation sites excluding steroid dienone is 1. The van der Waals surface area contributed by atoms with Gasteiger partial charge in [0.25, 0.3) is 5.91 Å². The second-order valence-corrected chi connectivity index (χ2v) is 3.92. The van der Waals surface area contributed by atoms with E-state index in [1.54, 1.807) is 6.07 Å². The second-order valence-electron chi connectivity index (χ2n) is 3.92. The van der Waals surface area contributed by atoms with Crippen molar-refractivity contribution in [2.75, 3.05) is 5.32 Å². The molecular formula is C15H13FN2O2. The molecule has 0 unspecified atom stereocenters. The van der Waals surface area contributed by atoms with E-state index in [1.165, 1.54) is 24.3 Å². The fourth-order valence-corrected chi connectivity index (χ4v) is 1.43. The zero-order valence-corrected chi connectivity index (χ0v) is 10.7. The lowest BCUT2D eigenvalue weighted by molar-refractivity contribution is -0.112. The number of nitrogens with one attached hydrogen (secondary N) is 1. The second kappa shape index (κ2) is 7.60. The topological polar surface area (TPSA) is 73.1 Å². The standard InChI is InChI=1S/C15H13FN2O2/c1-2-3-4-14(19)13(10-17)15(20)18-12-7-5-11(9-16)6-8-12/h1,5-8,19H,3-4,9H2,(H,18,20)/b14-13-. The van der Waals surface area contributed by atoms with E-state index in [4.69, 9.17) is 11.7 Å². The minimum Gasteiger partial charge on any atom is -0.511 e. The Bertz CT molecular complexity index is 592. The van der Waals surface area contributed by atoms with E-state index < -0.39 is 12.6 Å². The Morgan fingerprint density at radius 2 is 2.05 bits per heavy atom. The molecule has 0 heterocycles. The van der Waals surface area contributed by atoms with Crippen LogP contribution in [-0.2, 0) is 11.5 Å². The Morgan fingerprint density at radius 3 is 2.55 bits per heavy atom. The molecule has 5 heteroatoms. The number of hydrogen-bond acceptors (Lipinski definition) is 3. The van der Waals surface area contributed by atoms with E-state index in [2.05, 4.69) is 11.2 Å². The average Bonchev–Trinajstić information content (AvgIpc) is 2.46. The van der Waals surface area contributed by atoms with Gasteiger partial charge in [-0.1, -0.05) is 12.1 Å². The summed E-state index contributed by atoms with van der Waals surface area (Å²) in [6.45, 7) is -0.593. The highest BCUT2D eigenvalue weighted by atomic mass is 19.1. The molecule has 0 saturated carbocycles. The van der Waals surface area contributed by atoms with Crippen molar-refractivity contribution in [3.63, 3.8) is 0 Å². The minimum absolute atomic E-state index is 0.0631. The van der Waals surface area contributed by atoms with Crippen LogP contribution in [0.15, 0.2) is 35.6 Å². The minimum atomic E-state index is -0.727. The Labute approximate surface area is 116 Å². The van der Waals surface area contributed by atoms with Crippen LogP contribution in [0.4, 0.5) is 10.1 Å². The molecular weight excluding hydrogens is 259 g/mol. The first-order valence-electron chi connectivity index (χ1n) is 5.84. The van der Waals surface area contributed by atoms with Crippen LogP contribution in [0.25, 0.3) is 0 Å². The number of carbonyl (C=O) groups is 1. The summed E-state index contributed by atoms with van der Waals surface area (Å²) in [7, 11) is 0. The maximum absolute atomic E-state index is 12.3. The van der Waals surface area contributed by atoms with Crippen LogP contribution in [0.3, 0.4) is 0 Å². The largest absolute Gasteiger partial charge is 0.511 e. The Hall–Kier alpha value is -2.79. The van der Waals surface area contributed by atoms with Crippen molar-refractivity contribution in [3.8, 4) is 18.4 Å². The highest BCUT2D eigenvalue weighted by molar-refractivity contribution is 6.06. The monoisotopic (exact) mass is 272 g/mol. The van der Waals surface area contributed by atoms with Gasteiger partial charge in [-0.3, -0.25) is 4.79 Å². The van der Waals surface area contributed by atoms with E-state index in [-0.39, 0.29) is 24.2 Å². The molecule has 0 aliphatic carbocycles. The van der Waals surface area contributed by atoms with E-state index in [9.17, 15) is 14.3 Å². The number of alkyl halides is 1. The van der Waals surface area contributed by atoms with Gasteiger partial charge in [-0.05, 0) is 17.7 Å². The van der Waals surface area contributed by atoms with E-state index in [0.717, 1.165) is 0 Å². The quantitative estimate of drug-likeness (QED) is 0.374. The maximum atomic E-state index is 12.3. The lowest BCUT2D eigenvalue weighted by Crippen LogP contribution is -2.15. The van der Waals surface area contributed by atoms with Gasteiger partial charge in [0, 0.05) is 18.5 Å². The first-order valence-corrected chi connectivity index (χ1v) is 5.84. The molecule has 0 aromatic heterocycles. The SMILES string of the molecule is C#CCC/C(O)=C(\C#N)C(=O)Nc1ccc(CF)cc1. The number of carbonyl (C=O) groups excluding carboxylic acids is 1. The van der Waals surface area contributed by atoms with Crippen LogP contribution >= 0.6 is 0 Å². The summed E-state index contributed by atoms with van der Waals surface area (Å²) in [5.41, 5.74) is 0.510. The summed E-state index contributed by atoms with van der Waals surface area (Å²) >= 11 is 0. The normalized spacial score (nSPS) is 10.9. The summed E-state index contributed by atoms with van der Waals surface area (Å²) < 4.78 is 12.3. The molecule has 0 aliphatic rings. The number of aliphatic hydroxyl groups excluding tert-OH is 1. The van der Waals surface area contributed by atoms with Gasteiger partial charge in [0.2, 0.25) is 0 Å². The van der Waals surface area contributed by atoms with Crippen molar-refractivity contribution >= 4 is 11.6 Å². The van der Waals surface area contributed by atoms with Gasteiger partial charge >= 0.3 is 0 Å². The summed E-state index contributed by atoms with van der Waals surface area (Å²) in [6.07, 6.45) is 5.34. The van der Waals surface area contributed by atoms with Crippen molar-refractivity contribution in [1.82, 2.24) is 0 Å². The third-order valence-electron chi connectivity index (χ3n) is 2.50. The molecule has 0 atom stereocenters. The number of terminal acetylenes is 1. The van der Waals surface area contributed by atoms with Crippen molar-refractivity contribution in [3.05, 3.63) is 41.2 Å². The number of anilines is 1. The molecule has 2 N–H and O–H groups in total. The van der Waals surface area contributed by atoms with Gasteiger partial charge in [0.15, 0.2) is 5.57 Å². The first-order chi connectivity index (χ1) is 9.62. The third kappa shape index (κ3) is 4.15. The Balaban J connectivity index is 2.82. The summed E-state index contributed by atoms with van der Waals surface area (Å²) in [5.74, 6) is 1.24. The van der Waals surface area contributed by atoms with E-state index in [0.29, 0.717) is 11.3 Å². The molecule has 0 aliphatic heterocycles. The van der Waals surface area contributed by atoms with Crippen molar-refractivity contribution in [2.45, 2.75) is 19.5 Å². The summed E-state index contributed by atoms with van der Waals surface area (Å²) in [4.78, 5) is 11.8. The molecule has 0 spiro atoms. The maximum Gasteiger partial charge on any atom is 0.269 e. The molecule has 0 radical (unpaired) electrons. The van der Waals surface area contributed by atoms with Crippen LogP contribution < -0.4 is 5.32 Å². The van der Waals surface area contributed by atoms with Gasteiger partial charge in [-0.2, -0.15) is 5.26 Å². The van der Waals surface area contributed by atoms with Crippen molar-refractivity contribution in [1.29, 1.82) is 5.26 Å². The number of nitrogens with zero attached hydrogens (tertiary/aromatic N) is 1. The predicted molar refractivity (Wildman–Crippen MR) is 73.2 cm³/mol. The van der Waals surface area contributed by atoms with Crippen molar-refractivity contribution in [2.24, 2.45) is 0 Å². The number of aliphatic hydroxyl groups is 1. The van der Waals surface area contributed by atoms with E-state index in [1.807, 2.05) is 0 Å². The van der Waals surface area contributed by atoms with Crippen LogP contribution in [-0.4, -0.2) is 11.0 Å². The molecule has 1 amide bonds. The Kier molecular flexibility index (Phi) is 5.80. The summed E-state index contributed by atoms with van der Waals surface area (Å²) in [6, 6.07) is 7.71. The highest BCUT2D eigenvalue weighted by Crippen LogP contribution is 2.14. The molecule has 0 fully saturated rings. The fraction of sp³-hybridized carbons (Fsp3) is 0.200. The molecule has 4 nitrogen and oxygen atoms in total. The number of amides is 1. The van der Waals surface area contributed by atoms with Gasteiger partial charge in [0.1, 0.15) is 18.5 Å². The zero-order chi connectivity index (χ0) is 15.0. The van der Waals surface area contributed by atoms with Crippen LogP contribution in [0.5, 0.6) is 0 Å². The lowest BCUT2D eigenvalue weighted by atomic mass is 10.1. The molecule has 1 aromatic carbocycles. The molecule has 0 saturated heterocycles. The number of benzene rings is 1. The molecule has 1 rings (SSSR count). The number of rotatable bonds is 5. The number of halogens is 1. The predicted octanol–water partition coefficient (Wildman–Crippen LogP) is 2.84. The third-order valence-corrected chi connectivity index (χ3v) is 2.50. The number of nitriles is 1. The van der Waals surface area contributed by atoms with Gasteiger partial charge < -0.3 is 10.4 Å². The molecule has 1 aromatic rings. The number of hydrogen-bond donors (Lipinski definition) is 2. The zero-order valence-electron chi connectivity index (χ0n) is 10.7. The summed E-state index contributed by atoms with van der Waals surface area (Å²) in [5, 5.41) is 21.0. The highest BCUT2D eigenvalue weighted by Gasteiger charge is 2.14. The van der Waals surface area contributed by atoms with Gasteiger partial charge in [-0.15, -0.1) is 12.3 Å². The van der Waals surface area contributed by atoms with E-state index >= 15 is 0 Å².